The first kappa shape index (κ1) is 26.6. The number of hydrogen-bond donors (Lipinski definition) is 3. The van der Waals surface area contributed by atoms with Gasteiger partial charge in [-0.15, -0.1) is 10.2 Å². The number of nitrogens with one attached hydrogen (secondary N) is 2. The van der Waals surface area contributed by atoms with Gasteiger partial charge in [-0.3, -0.25) is 4.79 Å². The van der Waals surface area contributed by atoms with Crippen LogP contribution >= 0.6 is 12.6 Å². The van der Waals surface area contributed by atoms with Crippen molar-refractivity contribution in [1.82, 2.24) is 30.2 Å². The lowest BCUT2D eigenvalue weighted by Crippen LogP contribution is -2.23. The van der Waals surface area contributed by atoms with Crippen molar-refractivity contribution < 1.29 is 4.79 Å². The van der Waals surface area contributed by atoms with Gasteiger partial charge in [-0.25, -0.2) is 4.98 Å². The van der Waals surface area contributed by atoms with Crippen LogP contribution in [-0.4, -0.2) is 41.3 Å². The number of aromatic amines is 1. The predicted molar refractivity (Wildman–Crippen MR) is 159 cm³/mol. The van der Waals surface area contributed by atoms with E-state index in [2.05, 4.69) is 87.3 Å². The van der Waals surface area contributed by atoms with Crippen LogP contribution in [0.25, 0.3) is 33.5 Å². The average molecular weight is 540 g/mol. The van der Waals surface area contributed by atoms with Crippen LogP contribution in [0.1, 0.15) is 50.1 Å². The highest BCUT2D eigenvalue weighted by Gasteiger charge is 2.17. The second-order valence-corrected chi connectivity index (χ2v) is 10.4. The van der Waals surface area contributed by atoms with Crippen molar-refractivity contribution >= 4 is 35.3 Å². The third-order valence-electron chi connectivity index (χ3n) is 6.85. The van der Waals surface area contributed by atoms with E-state index in [1.807, 2.05) is 37.3 Å². The number of aromatic nitrogens is 6. The number of nitrogens with zero attached hydrogens (tertiary/aromatic N) is 5. The number of hydrogen-bond acceptors (Lipinski definition) is 6. The van der Waals surface area contributed by atoms with Crippen molar-refractivity contribution in [3.05, 3.63) is 77.6 Å². The number of tetrazole rings is 1. The van der Waals surface area contributed by atoms with Gasteiger partial charge in [0.15, 0.2) is 0 Å². The van der Waals surface area contributed by atoms with Gasteiger partial charge in [0.2, 0.25) is 11.7 Å². The molecule has 0 saturated carbocycles. The predicted octanol–water partition coefficient (Wildman–Crippen LogP) is 6.23. The summed E-state index contributed by atoms with van der Waals surface area (Å²) in [5.41, 5.74) is 8.03. The van der Waals surface area contributed by atoms with E-state index in [1.54, 1.807) is 0 Å². The zero-order chi connectivity index (χ0) is 27.4. The molecule has 3 aromatic carbocycles. The molecule has 0 aliphatic rings. The first-order valence-electron chi connectivity index (χ1n) is 13.4. The molecule has 0 saturated heterocycles. The molecule has 8 nitrogen and oxygen atoms in total. The van der Waals surface area contributed by atoms with Gasteiger partial charge in [0.05, 0.1) is 16.3 Å². The number of H-pyrrole nitrogens is 1. The number of imidazole rings is 1. The number of carbonyl (C=O) groups is 1. The van der Waals surface area contributed by atoms with E-state index in [-0.39, 0.29) is 11.2 Å². The Morgan fingerprint density at radius 2 is 1.82 bits per heavy atom. The molecule has 0 unspecified atom stereocenters. The molecule has 2 N–H and O–H groups in total. The summed E-state index contributed by atoms with van der Waals surface area (Å²) in [6, 6.07) is 20.6. The molecule has 0 spiro atoms. The molecule has 0 fully saturated rings. The summed E-state index contributed by atoms with van der Waals surface area (Å²) in [4.78, 5) is 17.7. The summed E-state index contributed by atoms with van der Waals surface area (Å²) in [6.07, 6.45) is 3.52. The molecule has 200 valence electrons. The highest BCUT2D eigenvalue weighted by Crippen LogP contribution is 2.31. The number of rotatable bonds is 10. The normalized spacial score (nSPS) is 12.1. The van der Waals surface area contributed by atoms with E-state index < -0.39 is 0 Å². The molecule has 0 aliphatic carbocycles. The molecular formula is C30H33N7OS. The van der Waals surface area contributed by atoms with Crippen molar-refractivity contribution in [3.8, 4) is 22.5 Å². The van der Waals surface area contributed by atoms with E-state index in [4.69, 9.17) is 4.98 Å². The fourth-order valence-electron chi connectivity index (χ4n) is 4.91. The lowest BCUT2D eigenvalue weighted by molar-refractivity contribution is -0.115. The van der Waals surface area contributed by atoms with Gasteiger partial charge in [0, 0.05) is 24.2 Å². The van der Waals surface area contributed by atoms with Crippen molar-refractivity contribution in [2.75, 3.05) is 5.32 Å². The minimum absolute atomic E-state index is 0.0736. The number of benzene rings is 3. The fraction of sp³-hybridized carbons (Fsp3) is 0.300. The number of aryl methyl sites for hydroxylation is 2. The maximum atomic E-state index is 12.7. The minimum atomic E-state index is -0.324. The van der Waals surface area contributed by atoms with Gasteiger partial charge in [-0.2, -0.15) is 17.8 Å². The van der Waals surface area contributed by atoms with Crippen LogP contribution in [-0.2, 0) is 17.8 Å². The Morgan fingerprint density at radius 3 is 2.51 bits per heavy atom. The first-order chi connectivity index (χ1) is 19.0. The molecule has 0 bridgehead atoms. The lowest BCUT2D eigenvalue weighted by atomic mass is 9.98. The molecule has 39 heavy (non-hydrogen) atoms. The topological polar surface area (TPSA) is 101 Å². The number of amides is 1. The molecule has 5 aromatic rings. The molecule has 0 radical (unpaired) electrons. The van der Waals surface area contributed by atoms with Crippen LogP contribution < -0.4 is 5.32 Å². The van der Waals surface area contributed by atoms with E-state index in [9.17, 15) is 4.79 Å². The lowest BCUT2D eigenvalue weighted by Gasteiger charge is -2.13. The Kier molecular flexibility index (Phi) is 8.07. The summed E-state index contributed by atoms with van der Waals surface area (Å²) in [5, 5.41) is 17.3. The Morgan fingerprint density at radius 1 is 1.05 bits per heavy atom. The fourth-order valence-corrected chi connectivity index (χ4v) is 5.23. The van der Waals surface area contributed by atoms with E-state index >= 15 is 0 Å². The zero-order valence-corrected chi connectivity index (χ0v) is 23.4. The smallest absolute Gasteiger partial charge is 0.237 e. The quantitative estimate of drug-likeness (QED) is 0.183. The van der Waals surface area contributed by atoms with Gasteiger partial charge >= 0.3 is 0 Å². The van der Waals surface area contributed by atoms with E-state index in [0.29, 0.717) is 12.4 Å². The largest absolute Gasteiger partial charge is 0.325 e. The highest BCUT2D eigenvalue weighted by atomic mass is 32.1. The van der Waals surface area contributed by atoms with Crippen molar-refractivity contribution in [2.24, 2.45) is 0 Å². The first-order valence-corrected chi connectivity index (χ1v) is 13.9. The van der Waals surface area contributed by atoms with Gasteiger partial charge in [0.25, 0.3) is 0 Å². The number of thiol groups is 1. The van der Waals surface area contributed by atoms with Crippen LogP contribution in [0.4, 0.5) is 5.69 Å². The Bertz CT molecular complexity index is 1580. The van der Waals surface area contributed by atoms with Gasteiger partial charge < -0.3 is 9.88 Å². The Labute approximate surface area is 233 Å². The van der Waals surface area contributed by atoms with Gasteiger partial charge in [-0.1, -0.05) is 68.8 Å². The van der Waals surface area contributed by atoms with Gasteiger partial charge in [0.1, 0.15) is 5.82 Å². The summed E-state index contributed by atoms with van der Waals surface area (Å²) in [7, 11) is 0. The Hall–Kier alpha value is -3.98. The maximum Gasteiger partial charge on any atom is 0.237 e. The standard InChI is InChI=1S/C30H33N7OS/c1-4-8-26(39)30(38)31-22-16-19(3)28-25(17-22)37(27(32-28)9-5-2)18-20-12-14-21(15-13-20)23-10-6-7-11-24(23)29-33-35-36-34-29/h6-7,10-17,26,39H,4-5,8-9,18H2,1-3H3,(H,31,38)(H,33,34,35,36)/t26-/m0/s1. The second-order valence-electron chi connectivity index (χ2n) is 9.80. The monoisotopic (exact) mass is 539 g/mol. The molecular weight excluding hydrogens is 506 g/mol. The third-order valence-corrected chi connectivity index (χ3v) is 7.34. The summed E-state index contributed by atoms with van der Waals surface area (Å²) in [5.74, 6) is 1.54. The van der Waals surface area contributed by atoms with E-state index in [0.717, 1.165) is 76.0 Å². The molecule has 1 atom stereocenters. The molecule has 0 aliphatic heterocycles. The average Bonchev–Trinajstić information content (AvgIpc) is 3.59. The third kappa shape index (κ3) is 5.73. The van der Waals surface area contributed by atoms with Crippen LogP contribution in [0, 0.1) is 6.92 Å². The summed E-state index contributed by atoms with van der Waals surface area (Å²) >= 11 is 4.47. The number of carbonyl (C=O) groups excluding carboxylic acids is 1. The maximum absolute atomic E-state index is 12.7. The van der Waals surface area contributed by atoms with Crippen molar-refractivity contribution in [2.45, 2.75) is 58.2 Å². The molecule has 5 rings (SSSR count). The molecule has 2 heterocycles. The van der Waals surface area contributed by atoms with E-state index in [1.165, 1.54) is 0 Å². The highest BCUT2D eigenvalue weighted by molar-refractivity contribution is 7.81. The van der Waals surface area contributed by atoms with Crippen LogP contribution in [0.15, 0.2) is 60.7 Å². The Balaban J connectivity index is 1.47. The minimum Gasteiger partial charge on any atom is -0.325 e. The van der Waals surface area contributed by atoms with Crippen molar-refractivity contribution in [1.29, 1.82) is 0 Å². The number of fused-ring (bicyclic) bond motifs is 1. The number of anilines is 1. The second kappa shape index (κ2) is 11.8. The summed E-state index contributed by atoms with van der Waals surface area (Å²) in [6.45, 7) is 6.95. The van der Waals surface area contributed by atoms with Crippen molar-refractivity contribution in [3.63, 3.8) is 0 Å². The SMILES string of the molecule is CCCc1nc2c(C)cc(NC(=O)[C@@H](S)CCC)cc2n1Cc1ccc(-c2ccccc2-c2nn[nH]n2)cc1. The van der Waals surface area contributed by atoms with Gasteiger partial charge in [-0.05, 0) is 59.4 Å². The summed E-state index contributed by atoms with van der Waals surface area (Å²) < 4.78 is 2.27. The molecule has 2 aromatic heterocycles. The molecule has 1 amide bonds. The van der Waals surface area contributed by atoms with Crippen LogP contribution in [0.3, 0.4) is 0 Å². The van der Waals surface area contributed by atoms with Crippen LogP contribution in [0.5, 0.6) is 0 Å². The van der Waals surface area contributed by atoms with Crippen LogP contribution in [0.2, 0.25) is 0 Å². The molecule has 9 heteroatoms. The zero-order valence-electron chi connectivity index (χ0n) is 22.5.